The molecule has 0 saturated carbocycles. The van der Waals surface area contributed by atoms with Gasteiger partial charge >= 0.3 is 11.9 Å². The highest BCUT2D eigenvalue weighted by Gasteiger charge is 2.06. The molecule has 0 aromatic heterocycles. The maximum absolute atomic E-state index is 9.10. The number of nitrogens with one attached hydrogen (secondary N) is 1. The molecule has 0 unspecified atom stereocenters. The Balaban J connectivity index is 0.000000823. The van der Waals surface area contributed by atoms with Crippen LogP contribution in [0.1, 0.15) is 11.1 Å². The second-order valence-electron chi connectivity index (χ2n) is 5.00. The van der Waals surface area contributed by atoms with Gasteiger partial charge in [0.1, 0.15) is 12.4 Å². The number of halogens is 1. The summed E-state index contributed by atoms with van der Waals surface area (Å²) in [5, 5.41) is 18.6. The molecule has 1 aromatic rings. The van der Waals surface area contributed by atoms with Gasteiger partial charge in [-0.1, -0.05) is 17.7 Å². The van der Waals surface area contributed by atoms with Gasteiger partial charge in [-0.05, 0) is 31.0 Å². The lowest BCUT2D eigenvalue weighted by Gasteiger charge is -2.12. The van der Waals surface area contributed by atoms with Crippen LogP contribution in [0.4, 0.5) is 0 Å². The lowest BCUT2D eigenvalue weighted by atomic mass is 10.1. The normalized spacial score (nSPS) is 9.92. The summed E-state index contributed by atoms with van der Waals surface area (Å²) in [7, 11) is 0. The van der Waals surface area contributed by atoms with Gasteiger partial charge in [-0.15, -0.1) is 0 Å². The molecule has 0 spiro atoms. The topological polar surface area (TPSA) is 131 Å². The van der Waals surface area contributed by atoms with E-state index in [0.29, 0.717) is 31.4 Å². The van der Waals surface area contributed by atoms with Crippen molar-refractivity contribution in [2.24, 2.45) is 5.73 Å². The fraction of sp³-hybridized carbons (Fsp3) is 0.500. The fourth-order valence-electron chi connectivity index (χ4n) is 1.76. The Morgan fingerprint density at radius 1 is 1.12 bits per heavy atom. The largest absolute Gasteiger partial charge is 0.489 e. The van der Waals surface area contributed by atoms with E-state index in [1.165, 1.54) is 0 Å². The number of carboxylic acid groups (broad SMARTS) is 2. The van der Waals surface area contributed by atoms with E-state index < -0.39 is 11.9 Å². The molecule has 0 radical (unpaired) electrons. The summed E-state index contributed by atoms with van der Waals surface area (Å²) in [5.74, 6) is -2.90. The monoisotopic (exact) mass is 376 g/mol. The van der Waals surface area contributed by atoms with Gasteiger partial charge in [-0.2, -0.15) is 0 Å². The van der Waals surface area contributed by atoms with E-state index in [9.17, 15) is 0 Å². The molecule has 0 fully saturated rings. The maximum atomic E-state index is 9.10. The minimum Gasteiger partial charge on any atom is -0.489 e. The fourth-order valence-corrected chi connectivity index (χ4v) is 2.14. The first-order valence-electron chi connectivity index (χ1n) is 7.63. The number of ether oxygens (including phenoxy) is 2. The van der Waals surface area contributed by atoms with E-state index in [4.69, 9.17) is 46.6 Å². The first-order valence-corrected chi connectivity index (χ1v) is 8.01. The van der Waals surface area contributed by atoms with E-state index >= 15 is 0 Å². The molecule has 1 rings (SSSR count). The standard InChI is InChI=1S/C14H23ClN2O2.C2H2O4/c1-11-9-12(2)14(13(15)10-11)19-8-7-18-6-5-17-4-3-16;3-1(4)2(5)6/h9-10,17H,3-8,16H2,1-2H3;(H,3,4)(H,5,6). The number of hydrogen-bond donors (Lipinski definition) is 4. The summed E-state index contributed by atoms with van der Waals surface area (Å²) in [6, 6.07) is 3.96. The summed E-state index contributed by atoms with van der Waals surface area (Å²) < 4.78 is 11.1. The van der Waals surface area contributed by atoms with Gasteiger partial charge in [0.2, 0.25) is 0 Å². The molecular formula is C16H25ClN2O6. The quantitative estimate of drug-likeness (QED) is 0.371. The molecule has 0 bridgehead atoms. The van der Waals surface area contributed by atoms with Crippen molar-refractivity contribution >= 4 is 23.5 Å². The highest BCUT2D eigenvalue weighted by Crippen LogP contribution is 2.29. The Morgan fingerprint density at radius 2 is 1.76 bits per heavy atom. The zero-order chi connectivity index (χ0) is 19.2. The maximum Gasteiger partial charge on any atom is 0.414 e. The molecular weight excluding hydrogens is 352 g/mol. The molecule has 0 heterocycles. The molecule has 9 heteroatoms. The molecule has 142 valence electrons. The van der Waals surface area contributed by atoms with E-state index in [2.05, 4.69) is 11.4 Å². The summed E-state index contributed by atoms with van der Waals surface area (Å²) in [4.78, 5) is 18.2. The Morgan fingerprint density at radius 3 is 2.28 bits per heavy atom. The Bertz CT molecular complexity index is 518. The third-order valence-corrected chi connectivity index (χ3v) is 3.06. The average Bonchev–Trinajstić information content (AvgIpc) is 2.52. The van der Waals surface area contributed by atoms with E-state index in [1.54, 1.807) is 0 Å². The Labute approximate surface area is 151 Å². The third kappa shape index (κ3) is 11.3. The third-order valence-electron chi connectivity index (χ3n) is 2.77. The first-order chi connectivity index (χ1) is 11.8. The van der Waals surface area contributed by atoms with Crippen molar-refractivity contribution in [2.45, 2.75) is 13.8 Å². The number of benzene rings is 1. The molecule has 0 aliphatic rings. The van der Waals surface area contributed by atoms with Crippen molar-refractivity contribution in [1.29, 1.82) is 0 Å². The number of aliphatic carboxylic acids is 2. The van der Waals surface area contributed by atoms with Crippen molar-refractivity contribution in [2.75, 3.05) is 39.5 Å². The van der Waals surface area contributed by atoms with Crippen LogP contribution in [0.25, 0.3) is 0 Å². The van der Waals surface area contributed by atoms with Crippen molar-refractivity contribution in [1.82, 2.24) is 5.32 Å². The highest BCUT2D eigenvalue weighted by atomic mass is 35.5. The molecule has 0 saturated heterocycles. The minimum atomic E-state index is -1.82. The molecule has 0 aliphatic heterocycles. The predicted octanol–water partition coefficient (Wildman–Crippen LogP) is 1.06. The zero-order valence-corrected chi connectivity index (χ0v) is 15.1. The van der Waals surface area contributed by atoms with E-state index in [1.807, 2.05) is 19.9 Å². The van der Waals surface area contributed by atoms with Crippen LogP contribution in [0.15, 0.2) is 12.1 Å². The SMILES string of the molecule is Cc1cc(C)c(OCCOCCNCCN)c(Cl)c1.O=C(O)C(=O)O. The number of rotatable bonds is 9. The lowest BCUT2D eigenvalue weighted by molar-refractivity contribution is -0.159. The van der Waals surface area contributed by atoms with Gasteiger partial charge in [-0.25, -0.2) is 9.59 Å². The Kier molecular flexibility index (Phi) is 12.4. The van der Waals surface area contributed by atoms with Crippen molar-refractivity contribution in [3.63, 3.8) is 0 Å². The second kappa shape index (κ2) is 13.4. The molecule has 5 N–H and O–H groups in total. The molecule has 25 heavy (non-hydrogen) atoms. The summed E-state index contributed by atoms with van der Waals surface area (Å²) in [5.41, 5.74) is 7.55. The predicted molar refractivity (Wildman–Crippen MR) is 94.4 cm³/mol. The van der Waals surface area contributed by atoms with Crippen molar-refractivity contribution in [3.05, 3.63) is 28.3 Å². The average molecular weight is 377 g/mol. The van der Waals surface area contributed by atoms with Crippen LogP contribution in [0.2, 0.25) is 5.02 Å². The number of aryl methyl sites for hydroxylation is 2. The molecule has 8 nitrogen and oxygen atoms in total. The van der Waals surface area contributed by atoms with Gasteiger partial charge in [-0.3, -0.25) is 0 Å². The number of carbonyl (C=O) groups is 2. The van der Waals surface area contributed by atoms with Crippen LogP contribution >= 0.6 is 11.6 Å². The van der Waals surface area contributed by atoms with E-state index in [0.717, 1.165) is 30.0 Å². The second-order valence-corrected chi connectivity index (χ2v) is 5.41. The van der Waals surface area contributed by atoms with Gasteiger partial charge in [0.25, 0.3) is 0 Å². The molecule has 0 atom stereocenters. The van der Waals surface area contributed by atoms with Gasteiger partial charge in [0.05, 0.1) is 18.2 Å². The van der Waals surface area contributed by atoms with Gasteiger partial charge < -0.3 is 30.7 Å². The molecule has 1 aromatic carbocycles. The van der Waals surface area contributed by atoms with Crippen LogP contribution in [0, 0.1) is 13.8 Å². The number of hydrogen-bond acceptors (Lipinski definition) is 6. The van der Waals surface area contributed by atoms with Gasteiger partial charge in [0, 0.05) is 19.6 Å². The van der Waals surface area contributed by atoms with Crippen LogP contribution in [-0.2, 0) is 14.3 Å². The van der Waals surface area contributed by atoms with Crippen LogP contribution < -0.4 is 15.8 Å². The van der Waals surface area contributed by atoms with Crippen molar-refractivity contribution < 1.29 is 29.3 Å². The molecule has 0 aliphatic carbocycles. The van der Waals surface area contributed by atoms with Gasteiger partial charge in [0.15, 0.2) is 0 Å². The first kappa shape index (κ1) is 23.1. The smallest absolute Gasteiger partial charge is 0.414 e. The molecule has 0 amide bonds. The Hall–Kier alpha value is -1.87. The summed E-state index contributed by atoms with van der Waals surface area (Å²) in [6.45, 7) is 7.98. The lowest BCUT2D eigenvalue weighted by Crippen LogP contribution is -2.26. The van der Waals surface area contributed by atoms with Crippen molar-refractivity contribution in [3.8, 4) is 5.75 Å². The minimum absolute atomic E-state index is 0.501. The number of carboxylic acids is 2. The van der Waals surface area contributed by atoms with Crippen LogP contribution in [0.5, 0.6) is 5.75 Å². The number of nitrogens with two attached hydrogens (primary N) is 1. The van der Waals surface area contributed by atoms with Crippen LogP contribution in [-0.4, -0.2) is 61.6 Å². The zero-order valence-electron chi connectivity index (χ0n) is 14.4. The summed E-state index contributed by atoms with van der Waals surface area (Å²) >= 11 is 6.14. The van der Waals surface area contributed by atoms with Crippen LogP contribution in [0.3, 0.4) is 0 Å². The highest BCUT2D eigenvalue weighted by molar-refractivity contribution is 6.32. The van der Waals surface area contributed by atoms with E-state index in [-0.39, 0.29) is 0 Å². The summed E-state index contributed by atoms with van der Waals surface area (Å²) in [6.07, 6.45) is 0.